The van der Waals surface area contributed by atoms with E-state index in [1.54, 1.807) is 0 Å². The van der Waals surface area contributed by atoms with Gasteiger partial charge in [-0.2, -0.15) is 4.39 Å². The highest BCUT2D eigenvalue weighted by atomic mass is 19.2. The van der Waals surface area contributed by atoms with Crippen LogP contribution < -0.4 is 0 Å². The summed E-state index contributed by atoms with van der Waals surface area (Å²) in [6, 6.07) is 0. The van der Waals surface area contributed by atoms with Gasteiger partial charge in [0, 0.05) is 11.1 Å². The van der Waals surface area contributed by atoms with Crippen LogP contribution >= 0.6 is 0 Å². The quantitative estimate of drug-likeness (QED) is 0.0970. The van der Waals surface area contributed by atoms with Crippen LogP contribution in [0.3, 0.4) is 0 Å². The second-order valence-corrected chi connectivity index (χ2v) is 9.52. The lowest BCUT2D eigenvalue weighted by atomic mass is 9.76. The van der Waals surface area contributed by atoms with Gasteiger partial charge in [0.25, 0.3) is 0 Å². The molecule has 37 heavy (non-hydrogen) atoms. The lowest BCUT2D eigenvalue weighted by molar-refractivity contribution is 0.241. The molecule has 0 radical (unpaired) electrons. The minimum atomic E-state index is -1.33. The number of allylic oxidation sites excluding steroid dienone is 13. The molecule has 0 fully saturated rings. The third kappa shape index (κ3) is 8.92. The van der Waals surface area contributed by atoms with Crippen molar-refractivity contribution in [1.29, 1.82) is 0 Å². The van der Waals surface area contributed by atoms with Crippen molar-refractivity contribution in [3.05, 3.63) is 133 Å². The highest BCUT2D eigenvalue weighted by Crippen LogP contribution is 2.37. The Morgan fingerprint density at radius 1 is 0.865 bits per heavy atom. The first-order chi connectivity index (χ1) is 17.2. The van der Waals surface area contributed by atoms with Gasteiger partial charge in [0.2, 0.25) is 5.83 Å². The number of ether oxygens (including phenoxy) is 1. The molecule has 5 heteroatoms. The zero-order chi connectivity index (χ0) is 28.4. The molecule has 0 aromatic heterocycles. The molecular formula is C32H38F4O. The lowest BCUT2D eigenvalue weighted by Crippen LogP contribution is -2.19. The second kappa shape index (κ2) is 14.4. The summed E-state index contributed by atoms with van der Waals surface area (Å²) in [5, 5.41) is 0. The van der Waals surface area contributed by atoms with E-state index < -0.39 is 29.1 Å². The summed E-state index contributed by atoms with van der Waals surface area (Å²) in [6.45, 7) is 30.9. The zero-order valence-electron chi connectivity index (χ0n) is 22.2. The van der Waals surface area contributed by atoms with Crippen LogP contribution in [-0.2, 0) is 4.74 Å². The van der Waals surface area contributed by atoms with Gasteiger partial charge >= 0.3 is 0 Å². The van der Waals surface area contributed by atoms with Gasteiger partial charge in [-0.15, -0.1) is 0 Å². The largest absolute Gasteiger partial charge is 0.487 e. The Kier molecular flexibility index (Phi) is 12.3. The van der Waals surface area contributed by atoms with E-state index in [4.69, 9.17) is 4.74 Å². The van der Waals surface area contributed by atoms with Gasteiger partial charge in [0.1, 0.15) is 6.61 Å². The van der Waals surface area contributed by atoms with Crippen molar-refractivity contribution >= 4 is 0 Å². The Morgan fingerprint density at radius 2 is 1.38 bits per heavy atom. The standard InChI is InChI=1S/C32H38F4O/c1-11-16-37-27(10)32(36)31(35)25(8)21(4)14-13-20(3)24(7)29(33)30(34)26(9)22(5)18-28-15-12-19(2)17-23(28)6/h11-15,19,22-23,28H,1,3-4,7-10,16-18H2,2,5-6H3/b14-13-,30-29-,32-31-. The minimum Gasteiger partial charge on any atom is -0.487 e. The highest BCUT2D eigenvalue weighted by Gasteiger charge is 2.26. The fourth-order valence-corrected chi connectivity index (χ4v) is 3.88. The van der Waals surface area contributed by atoms with Crippen molar-refractivity contribution in [2.24, 2.45) is 23.7 Å². The number of halogens is 4. The molecule has 1 aliphatic carbocycles. The van der Waals surface area contributed by atoms with Crippen LogP contribution in [0.4, 0.5) is 17.6 Å². The van der Waals surface area contributed by atoms with Crippen LogP contribution in [0.15, 0.2) is 133 Å². The Labute approximate surface area is 219 Å². The summed E-state index contributed by atoms with van der Waals surface area (Å²) in [5.74, 6) is -4.48. The average molecular weight is 515 g/mol. The summed E-state index contributed by atoms with van der Waals surface area (Å²) in [6.07, 6.45) is 9.89. The van der Waals surface area contributed by atoms with Crippen molar-refractivity contribution < 1.29 is 22.3 Å². The zero-order valence-corrected chi connectivity index (χ0v) is 22.2. The van der Waals surface area contributed by atoms with Gasteiger partial charge in [-0.05, 0) is 53.2 Å². The van der Waals surface area contributed by atoms with E-state index in [-0.39, 0.29) is 46.3 Å². The van der Waals surface area contributed by atoms with E-state index in [0.717, 1.165) is 6.42 Å². The first kappa shape index (κ1) is 31.7. The molecule has 200 valence electrons. The van der Waals surface area contributed by atoms with E-state index >= 15 is 0 Å². The van der Waals surface area contributed by atoms with Gasteiger partial charge < -0.3 is 4.74 Å². The molecule has 4 atom stereocenters. The molecule has 1 aliphatic rings. The SMILES string of the molecule is C=CCOC(=C)/C(F)=C(/F)C(=C)C(=C)/C=C\C(=C)C(=C)/C(F)=C(/F)C(=C)C(C)CC1C=CC(C)CC1C. The van der Waals surface area contributed by atoms with Crippen molar-refractivity contribution in [2.45, 2.75) is 33.6 Å². The first-order valence-corrected chi connectivity index (χ1v) is 12.1. The Bertz CT molecular complexity index is 1100. The Hall–Kier alpha value is -3.34. The van der Waals surface area contributed by atoms with Crippen LogP contribution in [-0.4, -0.2) is 6.61 Å². The molecule has 4 unspecified atom stereocenters. The van der Waals surface area contributed by atoms with Gasteiger partial charge in [-0.1, -0.05) is 97.2 Å². The average Bonchev–Trinajstić information content (AvgIpc) is 2.88. The van der Waals surface area contributed by atoms with Crippen molar-refractivity contribution in [3.63, 3.8) is 0 Å². The normalized spacial score (nSPS) is 21.4. The third-order valence-corrected chi connectivity index (χ3v) is 6.46. The van der Waals surface area contributed by atoms with Crippen LogP contribution in [0.5, 0.6) is 0 Å². The third-order valence-electron chi connectivity index (χ3n) is 6.46. The van der Waals surface area contributed by atoms with Gasteiger partial charge in [-0.3, -0.25) is 0 Å². The molecule has 0 saturated heterocycles. The summed E-state index contributed by atoms with van der Waals surface area (Å²) in [5.41, 5.74) is -0.628. The highest BCUT2D eigenvalue weighted by molar-refractivity contribution is 5.54. The summed E-state index contributed by atoms with van der Waals surface area (Å²) >= 11 is 0. The van der Waals surface area contributed by atoms with Gasteiger partial charge in [0.05, 0.1) is 0 Å². The van der Waals surface area contributed by atoms with E-state index in [9.17, 15) is 17.6 Å². The number of hydrogen-bond donors (Lipinski definition) is 0. The minimum absolute atomic E-state index is 0.0171. The monoisotopic (exact) mass is 514 g/mol. The topological polar surface area (TPSA) is 9.23 Å². The molecule has 0 saturated carbocycles. The molecule has 0 aromatic rings. The second-order valence-electron chi connectivity index (χ2n) is 9.52. The molecule has 0 aromatic carbocycles. The molecule has 1 nitrogen and oxygen atoms in total. The fraction of sp³-hybridized carbons (Fsp3) is 0.312. The summed E-state index contributed by atoms with van der Waals surface area (Å²) < 4.78 is 63.3. The predicted octanol–water partition coefficient (Wildman–Crippen LogP) is 10.2. The molecule has 0 heterocycles. The predicted molar refractivity (Wildman–Crippen MR) is 148 cm³/mol. The molecule has 0 bridgehead atoms. The summed E-state index contributed by atoms with van der Waals surface area (Å²) in [4.78, 5) is 0. The Balaban J connectivity index is 2.89. The maximum Gasteiger partial charge on any atom is 0.200 e. The van der Waals surface area contributed by atoms with Crippen molar-refractivity contribution in [1.82, 2.24) is 0 Å². The lowest BCUT2D eigenvalue weighted by Gasteiger charge is -2.30. The molecule has 0 amide bonds. The summed E-state index contributed by atoms with van der Waals surface area (Å²) in [7, 11) is 0. The molecule has 0 N–H and O–H groups in total. The van der Waals surface area contributed by atoms with Gasteiger partial charge in [-0.25, -0.2) is 13.2 Å². The number of rotatable bonds is 14. The van der Waals surface area contributed by atoms with E-state index in [1.807, 2.05) is 6.92 Å². The maximum atomic E-state index is 15.0. The van der Waals surface area contributed by atoms with E-state index in [1.165, 1.54) is 18.2 Å². The maximum absolute atomic E-state index is 15.0. The molecule has 1 rings (SSSR count). The molecular weight excluding hydrogens is 476 g/mol. The molecule has 0 spiro atoms. The van der Waals surface area contributed by atoms with Gasteiger partial charge in [0.15, 0.2) is 23.2 Å². The van der Waals surface area contributed by atoms with Crippen LogP contribution in [0.25, 0.3) is 0 Å². The van der Waals surface area contributed by atoms with Crippen molar-refractivity contribution in [3.8, 4) is 0 Å². The van der Waals surface area contributed by atoms with Crippen LogP contribution in [0.1, 0.15) is 33.6 Å². The number of hydrogen-bond acceptors (Lipinski definition) is 1. The molecule has 0 aliphatic heterocycles. The fourth-order valence-electron chi connectivity index (χ4n) is 3.88. The van der Waals surface area contributed by atoms with E-state index in [2.05, 4.69) is 72.1 Å². The van der Waals surface area contributed by atoms with Crippen LogP contribution in [0, 0.1) is 23.7 Å². The first-order valence-electron chi connectivity index (χ1n) is 12.1. The van der Waals surface area contributed by atoms with E-state index in [0.29, 0.717) is 18.3 Å². The van der Waals surface area contributed by atoms with Crippen molar-refractivity contribution in [2.75, 3.05) is 6.61 Å². The smallest absolute Gasteiger partial charge is 0.200 e. The Morgan fingerprint density at radius 3 is 1.86 bits per heavy atom. The van der Waals surface area contributed by atoms with Crippen LogP contribution in [0.2, 0.25) is 0 Å².